The molecule has 8 nitrogen and oxygen atoms in total. The van der Waals surface area contributed by atoms with Gasteiger partial charge in [0, 0.05) is 26.3 Å². The van der Waals surface area contributed by atoms with E-state index in [1.54, 1.807) is 7.05 Å². The Morgan fingerprint density at radius 3 is 2.83 bits per heavy atom. The van der Waals surface area contributed by atoms with Gasteiger partial charge in [-0.15, -0.1) is 10.2 Å². The zero-order valence-corrected chi connectivity index (χ0v) is 13.9. The Labute approximate surface area is 141 Å². The number of piperidine rings is 1. The molecule has 0 aliphatic carbocycles. The summed E-state index contributed by atoms with van der Waals surface area (Å²) in [6.45, 7) is 2.44. The van der Waals surface area contributed by atoms with Crippen molar-refractivity contribution in [2.75, 3.05) is 26.7 Å². The normalized spacial score (nSPS) is 15.5. The quantitative estimate of drug-likeness (QED) is 0.627. The summed E-state index contributed by atoms with van der Waals surface area (Å²) in [5, 5.41) is 14.5. The lowest BCUT2D eigenvalue weighted by Crippen LogP contribution is -2.45. The molecule has 1 aliphatic heterocycles. The van der Waals surface area contributed by atoms with Gasteiger partial charge >= 0.3 is 0 Å². The summed E-state index contributed by atoms with van der Waals surface area (Å²) in [6.07, 6.45) is 5.33. The molecule has 0 aromatic carbocycles. The summed E-state index contributed by atoms with van der Waals surface area (Å²) < 4.78 is 1.92. The summed E-state index contributed by atoms with van der Waals surface area (Å²) in [4.78, 5) is 18.2. The Bertz CT molecular complexity index is 718. The number of hydrogen-bond donors (Lipinski definition) is 2. The summed E-state index contributed by atoms with van der Waals surface area (Å²) in [5.41, 5.74) is 0.803. The molecule has 0 unspecified atom stereocenters. The number of aromatic nitrogens is 3. The van der Waals surface area contributed by atoms with Gasteiger partial charge < -0.3 is 15.5 Å². The molecule has 8 heteroatoms. The molecule has 0 saturated carbocycles. The van der Waals surface area contributed by atoms with Crippen LogP contribution >= 0.6 is 0 Å². The van der Waals surface area contributed by atoms with Crippen LogP contribution < -0.4 is 10.6 Å². The van der Waals surface area contributed by atoms with Gasteiger partial charge in [0.2, 0.25) is 5.91 Å². The first-order valence-corrected chi connectivity index (χ1v) is 8.29. The molecule has 0 atom stereocenters. The van der Waals surface area contributed by atoms with Crippen LogP contribution in [0.25, 0.3) is 5.65 Å². The number of carbonyl (C=O) groups excluding carboxylic acids is 1. The number of nitrogens with one attached hydrogen (secondary N) is 2. The maximum atomic E-state index is 12.2. The molecule has 0 radical (unpaired) electrons. The number of likely N-dealkylation sites (tertiary alicyclic amines) is 1. The Balaban J connectivity index is 1.51. The summed E-state index contributed by atoms with van der Waals surface area (Å²) >= 11 is 0. The molecule has 2 N–H and O–H groups in total. The van der Waals surface area contributed by atoms with Crippen LogP contribution in [0.1, 0.15) is 25.1 Å². The number of amides is 1. The molecular weight excluding hydrogens is 306 g/mol. The van der Waals surface area contributed by atoms with Crippen molar-refractivity contribution in [1.82, 2.24) is 30.1 Å². The van der Waals surface area contributed by atoms with E-state index < -0.39 is 0 Å². The first-order chi connectivity index (χ1) is 11.8. The van der Waals surface area contributed by atoms with Crippen LogP contribution in [-0.4, -0.2) is 58.0 Å². The Morgan fingerprint density at radius 2 is 2.04 bits per heavy atom. The van der Waals surface area contributed by atoms with Crippen LogP contribution in [-0.2, 0) is 11.3 Å². The molecule has 3 rings (SSSR count). The second-order valence-corrected chi connectivity index (χ2v) is 5.77. The molecule has 1 aliphatic rings. The molecule has 24 heavy (non-hydrogen) atoms. The Morgan fingerprint density at radius 1 is 1.21 bits per heavy atom. The summed E-state index contributed by atoms with van der Waals surface area (Å²) in [6, 6.07) is 5.76. The molecular formula is C16H23N7O. The van der Waals surface area contributed by atoms with Crippen LogP contribution in [0.15, 0.2) is 29.4 Å². The van der Waals surface area contributed by atoms with E-state index in [4.69, 9.17) is 0 Å². The SMILES string of the molecule is CN=C(NCC(=O)N1CCCCC1)NCc1nnc2ccccn12. The highest BCUT2D eigenvalue weighted by Gasteiger charge is 2.16. The molecule has 3 heterocycles. The van der Waals surface area contributed by atoms with Crippen molar-refractivity contribution >= 4 is 17.5 Å². The zero-order valence-electron chi connectivity index (χ0n) is 13.9. The fourth-order valence-corrected chi connectivity index (χ4v) is 2.81. The van der Waals surface area contributed by atoms with Crippen LogP contribution in [0.2, 0.25) is 0 Å². The van der Waals surface area contributed by atoms with Crippen molar-refractivity contribution in [1.29, 1.82) is 0 Å². The monoisotopic (exact) mass is 329 g/mol. The van der Waals surface area contributed by atoms with Gasteiger partial charge in [-0.05, 0) is 31.4 Å². The third-order valence-electron chi connectivity index (χ3n) is 4.14. The minimum Gasteiger partial charge on any atom is -0.349 e. The number of pyridine rings is 1. The highest BCUT2D eigenvalue weighted by molar-refractivity contribution is 5.86. The molecule has 2 aromatic heterocycles. The summed E-state index contributed by atoms with van der Waals surface area (Å²) in [5.74, 6) is 1.48. The number of nitrogens with zero attached hydrogens (tertiary/aromatic N) is 5. The van der Waals surface area contributed by atoms with E-state index in [1.165, 1.54) is 6.42 Å². The van der Waals surface area contributed by atoms with E-state index in [0.29, 0.717) is 12.5 Å². The van der Waals surface area contributed by atoms with Gasteiger partial charge in [-0.1, -0.05) is 6.07 Å². The van der Waals surface area contributed by atoms with Crippen molar-refractivity contribution in [2.45, 2.75) is 25.8 Å². The predicted octanol–water partition coefficient (Wildman–Crippen LogP) is 0.407. The zero-order chi connectivity index (χ0) is 16.8. The second-order valence-electron chi connectivity index (χ2n) is 5.77. The topological polar surface area (TPSA) is 86.9 Å². The van der Waals surface area contributed by atoms with Gasteiger partial charge in [0.1, 0.15) is 0 Å². The molecule has 1 fully saturated rings. The van der Waals surface area contributed by atoms with Crippen molar-refractivity contribution < 1.29 is 4.79 Å². The van der Waals surface area contributed by atoms with E-state index in [-0.39, 0.29) is 12.5 Å². The minimum atomic E-state index is 0.116. The maximum absolute atomic E-state index is 12.2. The van der Waals surface area contributed by atoms with Crippen LogP contribution in [0, 0.1) is 0 Å². The number of hydrogen-bond acceptors (Lipinski definition) is 4. The molecule has 128 valence electrons. The first kappa shape index (κ1) is 16.2. The number of guanidine groups is 1. The molecule has 1 amide bonds. The minimum absolute atomic E-state index is 0.116. The molecule has 0 bridgehead atoms. The number of aliphatic imine (C=N–C) groups is 1. The van der Waals surface area contributed by atoms with Gasteiger partial charge in [0.05, 0.1) is 13.1 Å². The van der Waals surface area contributed by atoms with E-state index >= 15 is 0 Å². The van der Waals surface area contributed by atoms with E-state index in [1.807, 2.05) is 33.7 Å². The average Bonchev–Trinajstić information content (AvgIpc) is 3.05. The lowest BCUT2D eigenvalue weighted by Gasteiger charge is -2.27. The third-order valence-corrected chi connectivity index (χ3v) is 4.14. The Hall–Kier alpha value is -2.64. The van der Waals surface area contributed by atoms with Gasteiger partial charge in [-0.3, -0.25) is 14.2 Å². The van der Waals surface area contributed by atoms with E-state index in [9.17, 15) is 4.79 Å². The predicted molar refractivity (Wildman–Crippen MR) is 91.6 cm³/mol. The standard InChI is InChI=1S/C16H23N7O/c1-17-16(19-12-15(24)22-8-4-2-5-9-22)18-11-14-21-20-13-7-3-6-10-23(13)14/h3,6-7,10H,2,4-5,8-9,11-12H2,1H3,(H2,17,18,19). The van der Waals surface area contributed by atoms with Gasteiger partial charge in [0.15, 0.2) is 17.4 Å². The second kappa shape index (κ2) is 7.76. The largest absolute Gasteiger partial charge is 0.349 e. The lowest BCUT2D eigenvalue weighted by molar-refractivity contribution is -0.130. The Kier molecular flexibility index (Phi) is 5.25. The fourth-order valence-electron chi connectivity index (χ4n) is 2.81. The van der Waals surface area contributed by atoms with Crippen LogP contribution in [0.5, 0.6) is 0 Å². The smallest absolute Gasteiger partial charge is 0.241 e. The van der Waals surface area contributed by atoms with E-state index in [0.717, 1.165) is 37.4 Å². The number of carbonyl (C=O) groups is 1. The maximum Gasteiger partial charge on any atom is 0.241 e. The highest BCUT2D eigenvalue weighted by atomic mass is 16.2. The van der Waals surface area contributed by atoms with Crippen molar-refractivity contribution in [3.05, 3.63) is 30.2 Å². The van der Waals surface area contributed by atoms with Crippen LogP contribution in [0.3, 0.4) is 0 Å². The molecule has 1 saturated heterocycles. The van der Waals surface area contributed by atoms with Crippen molar-refractivity contribution in [2.24, 2.45) is 4.99 Å². The van der Waals surface area contributed by atoms with Crippen molar-refractivity contribution in [3.8, 4) is 0 Å². The first-order valence-electron chi connectivity index (χ1n) is 8.29. The van der Waals surface area contributed by atoms with Gasteiger partial charge in [-0.2, -0.15) is 0 Å². The molecule has 0 spiro atoms. The van der Waals surface area contributed by atoms with Crippen LogP contribution in [0.4, 0.5) is 0 Å². The lowest BCUT2D eigenvalue weighted by atomic mass is 10.1. The van der Waals surface area contributed by atoms with E-state index in [2.05, 4.69) is 25.8 Å². The fraction of sp³-hybridized carbons (Fsp3) is 0.500. The van der Waals surface area contributed by atoms with Crippen molar-refractivity contribution in [3.63, 3.8) is 0 Å². The molecule has 2 aromatic rings. The van der Waals surface area contributed by atoms with Gasteiger partial charge in [-0.25, -0.2) is 0 Å². The average molecular weight is 329 g/mol. The van der Waals surface area contributed by atoms with Gasteiger partial charge in [0.25, 0.3) is 0 Å². The number of rotatable bonds is 4. The third kappa shape index (κ3) is 3.81. The highest BCUT2D eigenvalue weighted by Crippen LogP contribution is 2.08. The number of fused-ring (bicyclic) bond motifs is 1. The summed E-state index contributed by atoms with van der Waals surface area (Å²) in [7, 11) is 1.68.